The van der Waals surface area contributed by atoms with E-state index in [0.29, 0.717) is 13.2 Å². The summed E-state index contributed by atoms with van der Waals surface area (Å²) in [5.74, 6) is -0.467. The van der Waals surface area contributed by atoms with Crippen molar-refractivity contribution in [2.24, 2.45) is 0 Å². The summed E-state index contributed by atoms with van der Waals surface area (Å²) in [7, 11) is 0. The van der Waals surface area contributed by atoms with Crippen molar-refractivity contribution in [3.05, 3.63) is 109 Å². The maximum Gasteiger partial charge on any atom is 0.302 e. The van der Waals surface area contributed by atoms with Gasteiger partial charge < -0.3 is 9.47 Å². The Morgan fingerprint density at radius 2 is 1.16 bits per heavy atom. The molecule has 2 aromatic rings. The highest BCUT2D eigenvalue weighted by Crippen LogP contribution is 2.00. The van der Waals surface area contributed by atoms with Crippen molar-refractivity contribution in [2.45, 2.75) is 40.0 Å². The summed E-state index contributed by atoms with van der Waals surface area (Å²) in [4.78, 5) is 20.6. The van der Waals surface area contributed by atoms with Crippen LogP contribution in [0.2, 0.25) is 0 Å². The van der Waals surface area contributed by atoms with Crippen LogP contribution in [0.3, 0.4) is 0 Å². The first-order valence-corrected chi connectivity index (χ1v) is 10.7. The number of ether oxygens (including phenoxy) is 2. The van der Waals surface area contributed by atoms with E-state index in [4.69, 9.17) is 4.74 Å². The zero-order valence-corrected chi connectivity index (χ0v) is 19.5. The second kappa shape index (κ2) is 20.9. The number of rotatable bonds is 9. The minimum absolute atomic E-state index is 0.226. The van der Waals surface area contributed by atoms with Crippen LogP contribution < -0.4 is 0 Å². The van der Waals surface area contributed by atoms with E-state index in [2.05, 4.69) is 35.6 Å². The molecule has 32 heavy (non-hydrogen) atoms. The molecule has 172 valence electrons. The van der Waals surface area contributed by atoms with Gasteiger partial charge in [-0.25, -0.2) is 0 Å². The molecule has 0 radical (unpaired) electrons. The lowest BCUT2D eigenvalue weighted by Crippen LogP contribution is -1.97. The number of carbonyl (C=O) groups is 2. The van der Waals surface area contributed by atoms with Crippen LogP contribution >= 0.6 is 0 Å². The molecule has 0 spiro atoms. The van der Waals surface area contributed by atoms with E-state index in [1.54, 1.807) is 0 Å². The average molecular weight is 437 g/mol. The normalized spacial score (nSPS) is 9.84. The van der Waals surface area contributed by atoms with Crippen molar-refractivity contribution >= 4 is 11.9 Å². The quantitative estimate of drug-likeness (QED) is 0.343. The van der Waals surface area contributed by atoms with Crippen molar-refractivity contribution in [2.75, 3.05) is 13.2 Å². The zero-order valence-electron chi connectivity index (χ0n) is 19.5. The van der Waals surface area contributed by atoms with Crippen LogP contribution in [0, 0.1) is 0 Å². The van der Waals surface area contributed by atoms with E-state index in [-0.39, 0.29) is 11.9 Å². The van der Waals surface area contributed by atoms with Crippen LogP contribution in [0.5, 0.6) is 0 Å². The van der Waals surface area contributed by atoms with Crippen LogP contribution in [0.25, 0.3) is 0 Å². The Bertz CT molecular complexity index is 793. The zero-order chi connectivity index (χ0) is 23.9. The molecule has 2 rings (SSSR count). The number of benzene rings is 2. The molecule has 0 unspecified atom stereocenters. The number of carbonyl (C=O) groups excluding carboxylic acids is 2. The first kappa shape index (κ1) is 28.6. The Labute approximate surface area is 193 Å². The van der Waals surface area contributed by atoms with Crippen molar-refractivity contribution in [3.8, 4) is 0 Å². The van der Waals surface area contributed by atoms with Crippen molar-refractivity contribution < 1.29 is 19.1 Å². The average Bonchev–Trinajstić information content (AvgIpc) is 2.79. The first-order chi connectivity index (χ1) is 15.5. The highest BCUT2D eigenvalue weighted by Gasteiger charge is 1.88. The molecule has 0 amide bonds. The molecule has 4 heteroatoms. The molecule has 0 saturated carbocycles. The maximum atomic E-state index is 10.4. The fourth-order valence-corrected chi connectivity index (χ4v) is 2.25. The summed E-state index contributed by atoms with van der Waals surface area (Å²) in [6.45, 7) is 9.27. The second-order valence-corrected chi connectivity index (χ2v) is 6.62. The molecule has 2 aromatic carbocycles. The van der Waals surface area contributed by atoms with E-state index in [0.717, 1.165) is 19.3 Å². The summed E-state index contributed by atoms with van der Waals surface area (Å²) in [5.41, 5.74) is 2.58. The highest BCUT2D eigenvalue weighted by atomic mass is 16.5. The van der Waals surface area contributed by atoms with Gasteiger partial charge in [-0.1, -0.05) is 98.0 Å². The topological polar surface area (TPSA) is 52.6 Å². The smallest absolute Gasteiger partial charge is 0.302 e. The van der Waals surface area contributed by atoms with Gasteiger partial charge in [-0.2, -0.15) is 0 Å². The number of allylic oxidation sites excluding steroid dienone is 3. The predicted octanol–water partition coefficient (Wildman–Crippen LogP) is 6.28. The van der Waals surface area contributed by atoms with Crippen LogP contribution in [-0.2, 0) is 31.9 Å². The van der Waals surface area contributed by atoms with Gasteiger partial charge in [0.25, 0.3) is 0 Å². The summed E-state index contributed by atoms with van der Waals surface area (Å²) in [6, 6.07) is 20.4. The predicted molar refractivity (Wildman–Crippen MR) is 132 cm³/mol. The lowest BCUT2D eigenvalue weighted by atomic mass is 10.1. The molecule has 0 N–H and O–H groups in total. The number of hydrogen-bond acceptors (Lipinski definition) is 4. The highest BCUT2D eigenvalue weighted by molar-refractivity contribution is 5.66. The standard InChI is InChI=1S/C12H14O2.C9H10.C7H12O2/c1-11(13)14-10-6-5-9-12-7-3-2-4-8-12;1-2-6-9-7-4-3-5-8-9;1-3-4-5-6-9-7(2)8/h2-8H,9-10H2,1H3;2-5,7-8H,1,6H2;4-5H,3,6H2,1-2H3/b;;5-4-. The van der Waals surface area contributed by atoms with Crippen LogP contribution in [0.4, 0.5) is 0 Å². The van der Waals surface area contributed by atoms with Crippen molar-refractivity contribution in [1.29, 1.82) is 0 Å². The van der Waals surface area contributed by atoms with Gasteiger partial charge in [-0.3, -0.25) is 9.59 Å². The molecular weight excluding hydrogens is 400 g/mol. The summed E-state index contributed by atoms with van der Waals surface area (Å²) in [5, 5.41) is 0. The van der Waals surface area contributed by atoms with Crippen molar-refractivity contribution in [1.82, 2.24) is 0 Å². The molecule has 4 nitrogen and oxygen atoms in total. The molecular formula is C28H36O4. The Balaban J connectivity index is 0.000000470. The van der Waals surface area contributed by atoms with Gasteiger partial charge in [0.15, 0.2) is 0 Å². The SMILES string of the molecule is C=CCc1ccccc1.CC(=O)OCC=CCc1ccccc1.CC/C=C\COC(C)=O. The lowest BCUT2D eigenvalue weighted by molar-refractivity contribution is -0.140. The third kappa shape index (κ3) is 19.9. The van der Waals surface area contributed by atoms with Gasteiger partial charge in [0, 0.05) is 13.8 Å². The van der Waals surface area contributed by atoms with Gasteiger partial charge >= 0.3 is 11.9 Å². The minimum Gasteiger partial charge on any atom is -0.462 e. The Hall–Kier alpha value is -3.40. The first-order valence-electron chi connectivity index (χ1n) is 10.7. The molecule has 0 aromatic heterocycles. The summed E-state index contributed by atoms with van der Waals surface area (Å²) >= 11 is 0. The fourth-order valence-electron chi connectivity index (χ4n) is 2.25. The van der Waals surface area contributed by atoms with Gasteiger partial charge in [0.05, 0.1) is 0 Å². The molecule has 0 fully saturated rings. The molecule has 0 atom stereocenters. The van der Waals surface area contributed by atoms with Crippen molar-refractivity contribution in [3.63, 3.8) is 0 Å². The third-order valence-corrected chi connectivity index (χ3v) is 3.75. The van der Waals surface area contributed by atoms with E-state index < -0.39 is 0 Å². The molecule has 0 bridgehead atoms. The number of esters is 2. The lowest BCUT2D eigenvalue weighted by Gasteiger charge is -1.96. The molecule has 0 heterocycles. The maximum absolute atomic E-state index is 10.4. The van der Waals surface area contributed by atoms with Gasteiger partial charge in [-0.15, -0.1) is 6.58 Å². The molecule has 0 aliphatic carbocycles. The molecule has 0 aliphatic heterocycles. The monoisotopic (exact) mass is 436 g/mol. The van der Waals surface area contributed by atoms with Gasteiger partial charge in [0.1, 0.15) is 13.2 Å². The van der Waals surface area contributed by atoms with Crippen LogP contribution in [0.15, 0.2) is 97.6 Å². The molecule has 0 aliphatic rings. The largest absolute Gasteiger partial charge is 0.462 e. The second-order valence-electron chi connectivity index (χ2n) is 6.62. The van der Waals surface area contributed by atoms with E-state index in [9.17, 15) is 9.59 Å². The Kier molecular flexibility index (Phi) is 18.6. The van der Waals surface area contributed by atoms with Crippen LogP contribution in [0.1, 0.15) is 38.3 Å². The Morgan fingerprint density at radius 3 is 1.56 bits per heavy atom. The van der Waals surface area contributed by atoms with Crippen LogP contribution in [-0.4, -0.2) is 25.2 Å². The van der Waals surface area contributed by atoms with E-state index >= 15 is 0 Å². The van der Waals surface area contributed by atoms with E-state index in [1.165, 1.54) is 25.0 Å². The molecule has 0 saturated heterocycles. The Morgan fingerprint density at radius 1 is 0.719 bits per heavy atom. The summed E-state index contributed by atoms with van der Waals surface area (Å²) in [6.07, 6.45) is 12.4. The van der Waals surface area contributed by atoms with E-state index in [1.807, 2.05) is 73.7 Å². The summed E-state index contributed by atoms with van der Waals surface area (Å²) < 4.78 is 9.37. The fraction of sp³-hybridized carbons (Fsp3) is 0.286. The van der Waals surface area contributed by atoms with Gasteiger partial charge in [-0.05, 0) is 30.4 Å². The number of hydrogen-bond donors (Lipinski definition) is 0. The van der Waals surface area contributed by atoms with Gasteiger partial charge in [0.2, 0.25) is 0 Å². The third-order valence-electron chi connectivity index (χ3n) is 3.75. The minimum atomic E-state index is -0.241.